The summed E-state index contributed by atoms with van der Waals surface area (Å²) in [6.45, 7) is 10.9. The zero-order valence-electron chi connectivity index (χ0n) is 18.3. The Hall–Kier alpha value is -2.34. The summed E-state index contributed by atoms with van der Waals surface area (Å²) in [5.74, 6) is 1.59. The molecule has 2 aromatic heterocycles. The Balaban J connectivity index is 1.94. The third kappa shape index (κ3) is 5.22. The lowest BCUT2D eigenvalue weighted by Gasteiger charge is -2.24. The molecule has 0 aliphatic rings. The minimum absolute atomic E-state index is 0.0368. The number of carbonyl (C=O) groups is 1. The van der Waals surface area contributed by atoms with Gasteiger partial charge in [0.25, 0.3) is 5.91 Å². The van der Waals surface area contributed by atoms with E-state index in [1.54, 1.807) is 0 Å². The van der Waals surface area contributed by atoms with Gasteiger partial charge in [0, 0.05) is 30.3 Å². The molecule has 2 heterocycles. The standard InChI is InChI=1S/C24H31BrN4O/c1-5-21-24(28(6-2)15-18-8-7-9-20(25)14-18)29-16-19(10-11-22(29)27-21)23(30)26-13-12-17(3)4/h7-11,14,16-17H,5-6,12-13,15H2,1-4H3,(H,26,30). The maximum absolute atomic E-state index is 12.7. The average Bonchev–Trinajstić information content (AvgIpc) is 3.09. The number of aromatic nitrogens is 2. The fourth-order valence-corrected chi connectivity index (χ4v) is 4.00. The first-order valence-corrected chi connectivity index (χ1v) is 11.5. The zero-order chi connectivity index (χ0) is 21.7. The molecule has 0 bridgehead atoms. The van der Waals surface area contributed by atoms with E-state index < -0.39 is 0 Å². The van der Waals surface area contributed by atoms with Crippen molar-refractivity contribution in [3.8, 4) is 0 Å². The van der Waals surface area contributed by atoms with Crippen molar-refractivity contribution in [1.82, 2.24) is 14.7 Å². The molecule has 0 radical (unpaired) electrons. The zero-order valence-corrected chi connectivity index (χ0v) is 19.9. The van der Waals surface area contributed by atoms with Crippen LogP contribution in [0, 0.1) is 5.92 Å². The number of anilines is 1. The van der Waals surface area contributed by atoms with Crippen LogP contribution in [0.5, 0.6) is 0 Å². The number of imidazole rings is 1. The molecule has 0 atom stereocenters. The van der Waals surface area contributed by atoms with Gasteiger partial charge in [0.1, 0.15) is 11.5 Å². The number of hydrogen-bond donors (Lipinski definition) is 1. The van der Waals surface area contributed by atoms with Crippen molar-refractivity contribution < 1.29 is 4.79 Å². The first-order valence-electron chi connectivity index (χ1n) is 10.7. The molecule has 3 aromatic rings. The van der Waals surface area contributed by atoms with Gasteiger partial charge in [0.15, 0.2) is 0 Å². The van der Waals surface area contributed by atoms with Gasteiger partial charge in [-0.05, 0) is 55.5 Å². The van der Waals surface area contributed by atoms with Crippen LogP contribution in [0.3, 0.4) is 0 Å². The molecule has 0 saturated carbocycles. The number of aryl methyl sites for hydroxylation is 1. The second-order valence-corrected chi connectivity index (χ2v) is 8.88. The van der Waals surface area contributed by atoms with E-state index in [-0.39, 0.29) is 5.91 Å². The highest BCUT2D eigenvalue weighted by Crippen LogP contribution is 2.26. The van der Waals surface area contributed by atoms with Crippen LogP contribution in [0.15, 0.2) is 47.1 Å². The van der Waals surface area contributed by atoms with E-state index in [9.17, 15) is 4.79 Å². The Morgan fingerprint density at radius 2 is 2.03 bits per heavy atom. The Morgan fingerprint density at radius 1 is 1.23 bits per heavy atom. The van der Waals surface area contributed by atoms with Gasteiger partial charge >= 0.3 is 0 Å². The molecule has 0 unspecified atom stereocenters. The van der Waals surface area contributed by atoms with Gasteiger partial charge in [-0.1, -0.05) is 48.8 Å². The largest absolute Gasteiger partial charge is 0.352 e. The highest BCUT2D eigenvalue weighted by molar-refractivity contribution is 9.10. The molecule has 1 N–H and O–H groups in total. The van der Waals surface area contributed by atoms with Gasteiger partial charge in [-0.2, -0.15) is 0 Å². The van der Waals surface area contributed by atoms with Crippen LogP contribution in [0.25, 0.3) is 5.65 Å². The molecule has 3 rings (SSSR count). The summed E-state index contributed by atoms with van der Waals surface area (Å²) in [6, 6.07) is 12.2. The number of nitrogens with zero attached hydrogens (tertiary/aromatic N) is 3. The molecule has 1 aromatic carbocycles. The van der Waals surface area contributed by atoms with Gasteiger partial charge in [-0.25, -0.2) is 4.98 Å². The first-order chi connectivity index (χ1) is 14.4. The van der Waals surface area contributed by atoms with Crippen LogP contribution in [-0.2, 0) is 13.0 Å². The highest BCUT2D eigenvalue weighted by Gasteiger charge is 2.18. The lowest BCUT2D eigenvalue weighted by molar-refractivity contribution is 0.0951. The summed E-state index contributed by atoms with van der Waals surface area (Å²) in [5, 5.41) is 3.03. The lowest BCUT2D eigenvalue weighted by Crippen LogP contribution is -2.26. The minimum atomic E-state index is -0.0368. The molecule has 6 heteroatoms. The summed E-state index contributed by atoms with van der Waals surface area (Å²) in [5.41, 5.74) is 3.80. The monoisotopic (exact) mass is 470 g/mol. The van der Waals surface area contributed by atoms with E-state index in [4.69, 9.17) is 4.98 Å². The van der Waals surface area contributed by atoms with Crippen molar-refractivity contribution >= 4 is 33.3 Å². The van der Waals surface area contributed by atoms with Crippen LogP contribution in [-0.4, -0.2) is 28.4 Å². The number of hydrogen-bond acceptors (Lipinski definition) is 3. The number of amides is 1. The molecule has 30 heavy (non-hydrogen) atoms. The second-order valence-electron chi connectivity index (χ2n) is 7.96. The van der Waals surface area contributed by atoms with E-state index in [2.05, 4.69) is 76.4 Å². The summed E-state index contributed by atoms with van der Waals surface area (Å²) in [4.78, 5) is 19.8. The molecule has 160 valence electrons. The average molecular weight is 471 g/mol. The van der Waals surface area contributed by atoms with E-state index in [0.717, 1.165) is 47.6 Å². The molecule has 1 amide bonds. The number of benzene rings is 1. The van der Waals surface area contributed by atoms with Crippen molar-refractivity contribution in [1.29, 1.82) is 0 Å². The number of fused-ring (bicyclic) bond motifs is 1. The maximum Gasteiger partial charge on any atom is 0.252 e. The van der Waals surface area contributed by atoms with Crippen LogP contribution >= 0.6 is 15.9 Å². The first kappa shape index (κ1) is 22.3. The van der Waals surface area contributed by atoms with Crippen LogP contribution in [0.4, 0.5) is 5.82 Å². The van der Waals surface area contributed by atoms with Gasteiger partial charge in [0.05, 0.1) is 11.3 Å². The van der Waals surface area contributed by atoms with Gasteiger partial charge in [-0.15, -0.1) is 0 Å². The summed E-state index contributed by atoms with van der Waals surface area (Å²) in [7, 11) is 0. The highest BCUT2D eigenvalue weighted by atomic mass is 79.9. The smallest absolute Gasteiger partial charge is 0.252 e. The topological polar surface area (TPSA) is 49.6 Å². The number of nitrogens with one attached hydrogen (secondary N) is 1. The van der Waals surface area contributed by atoms with Crippen LogP contribution in [0.1, 0.15) is 55.7 Å². The lowest BCUT2D eigenvalue weighted by atomic mass is 10.1. The van der Waals surface area contributed by atoms with E-state index >= 15 is 0 Å². The summed E-state index contributed by atoms with van der Waals surface area (Å²) < 4.78 is 3.14. The molecular weight excluding hydrogens is 440 g/mol. The normalized spacial score (nSPS) is 11.3. The Bertz CT molecular complexity index is 1010. The van der Waals surface area contributed by atoms with Crippen LogP contribution in [0.2, 0.25) is 0 Å². The summed E-state index contributed by atoms with van der Waals surface area (Å²) >= 11 is 3.57. The minimum Gasteiger partial charge on any atom is -0.352 e. The SMILES string of the molecule is CCc1nc2ccc(C(=O)NCCC(C)C)cn2c1N(CC)Cc1cccc(Br)c1. The van der Waals surface area contributed by atoms with E-state index in [1.807, 2.05) is 24.4 Å². The molecule has 0 spiro atoms. The maximum atomic E-state index is 12.7. The van der Waals surface area contributed by atoms with Crippen molar-refractivity contribution in [2.75, 3.05) is 18.0 Å². The van der Waals surface area contributed by atoms with Crippen molar-refractivity contribution in [3.63, 3.8) is 0 Å². The third-order valence-electron chi connectivity index (χ3n) is 5.21. The quantitative estimate of drug-likeness (QED) is 0.451. The third-order valence-corrected chi connectivity index (χ3v) is 5.70. The Morgan fingerprint density at radius 3 is 2.70 bits per heavy atom. The van der Waals surface area contributed by atoms with Gasteiger partial charge < -0.3 is 10.2 Å². The predicted molar refractivity (Wildman–Crippen MR) is 127 cm³/mol. The van der Waals surface area contributed by atoms with Gasteiger partial charge in [0.2, 0.25) is 0 Å². The van der Waals surface area contributed by atoms with Crippen LogP contribution < -0.4 is 10.2 Å². The van der Waals surface area contributed by atoms with Crippen molar-refractivity contribution in [3.05, 3.63) is 63.9 Å². The molecular formula is C24H31BrN4O. The van der Waals surface area contributed by atoms with Crippen molar-refractivity contribution in [2.24, 2.45) is 5.92 Å². The number of halogens is 1. The number of rotatable bonds is 9. The second kappa shape index (κ2) is 10.1. The van der Waals surface area contributed by atoms with E-state index in [0.29, 0.717) is 18.0 Å². The molecule has 5 nitrogen and oxygen atoms in total. The molecule has 0 fully saturated rings. The fraction of sp³-hybridized carbons (Fsp3) is 0.417. The predicted octanol–water partition coefficient (Wildman–Crippen LogP) is 5.46. The Kier molecular flexibility index (Phi) is 7.53. The van der Waals surface area contributed by atoms with Crippen molar-refractivity contribution in [2.45, 2.75) is 47.1 Å². The molecule has 0 aliphatic carbocycles. The Labute approximate surface area is 187 Å². The molecule has 0 saturated heterocycles. The molecule has 0 aliphatic heterocycles. The van der Waals surface area contributed by atoms with Gasteiger partial charge in [-0.3, -0.25) is 9.20 Å². The number of carbonyl (C=O) groups excluding carboxylic acids is 1. The number of pyridine rings is 1. The fourth-order valence-electron chi connectivity index (χ4n) is 3.56. The summed E-state index contributed by atoms with van der Waals surface area (Å²) in [6.07, 6.45) is 3.73. The van der Waals surface area contributed by atoms with E-state index in [1.165, 1.54) is 5.56 Å².